The van der Waals surface area contributed by atoms with E-state index in [1.165, 1.54) is 5.56 Å². The number of likely N-dealkylation sites (N-methyl/N-ethyl adjacent to an activating group) is 1. The van der Waals surface area contributed by atoms with E-state index >= 15 is 0 Å². The average Bonchev–Trinajstić information content (AvgIpc) is 2.58. The summed E-state index contributed by atoms with van der Waals surface area (Å²) in [5, 5.41) is 0. The predicted octanol–water partition coefficient (Wildman–Crippen LogP) is 2.97. The number of ketones is 1. The van der Waals surface area contributed by atoms with E-state index < -0.39 is 0 Å². The molecular weight excluding hydrogens is 272 g/mol. The van der Waals surface area contributed by atoms with Crippen molar-refractivity contribution in [1.29, 1.82) is 0 Å². The summed E-state index contributed by atoms with van der Waals surface area (Å²) in [5.74, 6) is 0.504. The number of hydrogen-bond donors (Lipinski definition) is 0. The van der Waals surface area contributed by atoms with Gasteiger partial charge in [-0.3, -0.25) is 9.69 Å². The standard InChI is InChI=1S/C19H26N2O/c1-20-11-13-21(14-12-20)15-16-7-9-18(10-8-16)19(22)17-5-3-2-4-6-17/h2-3,7-10,17H,4-6,11-15H2,1H3. The van der Waals surface area contributed by atoms with Crippen LogP contribution in [0, 0.1) is 5.92 Å². The molecule has 0 N–H and O–H groups in total. The zero-order valence-electron chi connectivity index (χ0n) is 13.5. The normalized spacial score (nSPS) is 23.6. The second-order valence-corrected chi connectivity index (χ2v) is 6.62. The predicted molar refractivity (Wildman–Crippen MR) is 90.0 cm³/mol. The Morgan fingerprint density at radius 3 is 2.45 bits per heavy atom. The molecule has 1 saturated heterocycles. The Bertz CT molecular complexity index is 527. The highest BCUT2D eigenvalue weighted by molar-refractivity contribution is 5.98. The van der Waals surface area contributed by atoms with E-state index in [4.69, 9.17) is 0 Å². The minimum absolute atomic E-state index is 0.188. The number of allylic oxidation sites excluding steroid dienone is 2. The lowest BCUT2D eigenvalue weighted by atomic mass is 9.87. The lowest BCUT2D eigenvalue weighted by Gasteiger charge is -2.32. The molecule has 0 amide bonds. The molecule has 2 aliphatic rings. The van der Waals surface area contributed by atoms with Gasteiger partial charge >= 0.3 is 0 Å². The van der Waals surface area contributed by atoms with Crippen LogP contribution >= 0.6 is 0 Å². The van der Waals surface area contributed by atoms with Crippen molar-refractivity contribution in [3.63, 3.8) is 0 Å². The molecule has 1 aromatic rings. The van der Waals surface area contributed by atoms with E-state index in [2.05, 4.69) is 41.1 Å². The summed E-state index contributed by atoms with van der Waals surface area (Å²) in [6.07, 6.45) is 7.27. The maximum absolute atomic E-state index is 12.5. The van der Waals surface area contributed by atoms with Crippen LogP contribution in [0.3, 0.4) is 0 Å². The molecule has 3 nitrogen and oxygen atoms in total. The lowest BCUT2D eigenvalue weighted by Crippen LogP contribution is -2.43. The summed E-state index contributed by atoms with van der Waals surface area (Å²) in [4.78, 5) is 17.3. The summed E-state index contributed by atoms with van der Waals surface area (Å²) in [5.41, 5.74) is 2.19. The van der Waals surface area contributed by atoms with Crippen molar-refractivity contribution in [2.45, 2.75) is 25.8 Å². The summed E-state index contributed by atoms with van der Waals surface area (Å²) in [6.45, 7) is 5.54. The molecule has 1 fully saturated rings. The van der Waals surface area contributed by atoms with Crippen molar-refractivity contribution in [3.8, 4) is 0 Å². The van der Waals surface area contributed by atoms with E-state index in [0.717, 1.165) is 57.5 Å². The summed E-state index contributed by atoms with van der Waals surface area (Å²) < 4.78 is 0. The van der Waals surface area contributed by atoms with Gasteiger partial charge in [0.05, 0.1) is 0 Å². The Morgan fingerprint density at radius 2 is 1.82 bits per heavy atom. The number of carbonyl (C=O) groups excluding carboxylic acids is 1. The van der Waals surface area contributed by atoms with Crippen LogP contribution in [-0.2, 0) is 6.54 Å². The Balaban J connectivity index is 1.58. The largest absolute Gasteiger partial charge is 0.304 e. The third-order valence-corrected chi connectivity index (χ3v) is 4.88. The van der Waals surface area contributed by atoms with Crippen molar-refractivity contribution in [3.05, 3.63) is 47.5 Å². The molecule has 3 heteroatoms. The highest BCUT2D eigenvalue weighted by atomic mass is 16.1. The molecule has 0 saturated carbocycles. The lowest BCUT2D eigenvalue weighted by molar-refractivity contribution is 0.0912. The Morgan fingerprint density at radius 1 is 1.09 bits per heavy atom. The summed E-state index contributed by atoms with van der Waals surface area (Å²) in [7, 11) is 2.18. The number of benzene rings is 1. The van der Waals surface area contributed by atoms with Crippen LogP contribution in [0.4, 0.5) is 0 Å². The van der Waals surface area contributed by atoms with Crippen LogP contribution in [0.1, 0.15) is 35.2 Å². The molecule has 22 heavy (non-hydrogen) atoms. The third-order valence-electron chi connectivity index (χ3n) is 4.88. The quantitative estimate of drug-likeness (QED) is 0.631. The number of hydrogen-bond acceptors (Lipinski definition) is 3. The van der Waals surface area contributed by atoms with E-state index in [1.54, 1.807) is 0 Å². The van der Waals surface area contributed by atoms with Gasteiger partial charge in [0, 0.05) is 44.2 Å². The van der Waals surface area contributed by atoms with Gasteiger partial charge in [-0.2, -0.15) is 0 Å². The Hall–Kier alpha value is -1.45. The first-order valence-electron chi connectivity index (χ1n) is 8.41. The minimum atomic E-state index is 0.188. The molecule has 1 aromatic carbocycles. The molecule has 1 unspecified atom stereocenters. The molecule has 3 rings (SSSR count). The van der Waals surface area contributed by atoms with Gasteiger partial charge in [-0.1, -0.05) is 36.4 Å². The number of nitrogens with zero attached hydrogens (tertiary/aromatic N) is 2. The number of piperazine rings is 1. The maximum Gasteiger partial charge on any atom is 0.166 e. The van der Waals surface area contributed by atoms with Crippen molar-refractivity contribution in [1.82, 2.24) is 9.80 Å². The van der Waals surface area contributed by atoms with Crippen LogP contribution in [0.25, 0.3) is 0 Å². The maximum atomic E-state index is 12.5. The van der Waals surface area contributed by atoms with E-state index in [9.17, 15) is 4.79 Å². The average molecular weight is 298 g/mol. The Kier molecular flexibility index (Phi) is 5.06. The van der Waals surface area contributed by atoms with E-state index in [1.807, 2.05) is 12.1 Å². The second kappa shape index (κ2) is 7.21. The fourth-order valence-electron chi connectivity index (χ4n) is 3.31. The molecule has 1 aliphatic carbocycles. The molecule has 0 aromatic heterocycles. The number of carbonyl (C=O) groups is 1. The zero-order valence-corrected chi connectivity index (χ0v) is 13.5. The summed E-state index contributed by atoms with van der Waals surface area (Å²) in [6, 6.07) is 8.30. The van der Waals surface area contributed by atoms with Crippen molar-refractivity contribution in [2.24, 2.45) is 5.92 Å². The zero-order chi connectivity index (χ0) is 15.4. The molecular formula is C19H26N2O. The fraction of sp³-hybridized carbons (Fsp3) is 0.526. The van der Waals surface area contributed by atoms with E-state index in [-0.39, 0.29) is 5.92 Å². The molecule has 0 spiro atoms. The number of Topliss-reactive ketones (excluding diaryl/α,β-unsaturated/α-hetero) is 1. The molecule has 0 radical (unpaired) electrons. The van der Waals surface area contributed by atoms with Gasteiger partial charge in [-0.25, -0.2) is 0 Å². The van der Waals surface area contributed by atoms with Crippen LogP contribution < -0.4 is 0 Å². The van der Waals surface area contributed by atoms with Gasteiger partial charge in [0.1, 0.15) is 0 Å². The van der Waals surface area contributed by atoms with Crippen LogP contribution in [0.2, 0.25) is 0 Å². The topological polar surface area (TPSA) is 23.6 Å². The fourth-order valence-corrected chi connectivity index (χ4v) is 3.31. The van der Waals surface area contributed by atoms with Crippen molar-refractivity contribution in [2.75, 3.05) is 33.2 Å². The first-order chi connectivity index (χ1) is 10.7. The number of rotatable bonds is 4. The molecule has 118 valence electrons. The molecule has 1 heterocycles. The Labute approximate surface area is 133 Å². The van der Waals surface area contributed by atoms with Gasteiger partial charge in [0.15, 0.2) is 5.78 Å². The molecule has 0 bridgehead atoms. The van der Waals surface area contributed by atoms with Crippen molar-refractivity contribution < 1.29 is 4.79 Å². The molecule has 1 atom stereocenters. The SMILES string of the molecule is CN1CCN(Cc2ccc(C(=O)C3CC=CCC3)cc2)CC1. The first kappa shape index (κ1) is 15.4. The van der Waals surface area contributed by atoms with Crippen molar-refractivity contribution >= 4 is 5.78 Å². The molecule has 1 aliphatic heterocycles. The van der Waals surface area contributed by atoms with Gasteiger partial charge in [0.25, 0.3) is 0 Å². The smallest absolute Gasteiger partial charge is 0.166 e. The van der Waals surface area contributed by atoms with E-state index in [0.29, 0.717) is 5.78 Å². The minimum Gasteiger partial charge on any atom is -0.304 e. The van der Waals surface area contributed by atoms with Crippen LogP contribution in [-0.4, -0.2) is 48.8 Å². The highest BCUT2D eigenvalue weighted by Gasteiger charge is 2.20. The van der Waals surface area contributed by atoms with Gasteiger partial charge < -0.3 is 4.90 Å². The monoisotopic (exact) mass is 298 g/mol. The third kappa shape index (κ3) is 3.84. The van der Waals surface area contributed by atoms with Crippen LogP contribution in [0.15, 0.2) is 36.4 Å². The van der Waals surface area contributed by atoms with Crippen LogP contribution in [0.5, 0.6) is 0 Å². The van der Waals surface area contributed by atoms with Gasteiger partial charge in [-0.15, -0.1) is 0 Å². The summed E-state index contributed by atoms with van der Waals surface area (Å²) >= 11 is 0. The first-order valence-corrected chi connectivity index (χ1v) is 8.41. The highest BCUT2D eigenvalue weighted by Crippen LogP contribution is 2.23. The van der Waals surface area contributed by atoms with Gasteiger partial charge in [-0.05, 0) is 31.9 Å². The second-order valence-electron chi connectivity index (χ2n) is 6.62. The van der Waals surface area contributed by atoms with Gasteiger partial charge in [0.2, 0.25) is 0 Å².